The Morgan fingerprint density at radius 2 is 2.14 bits per heavy atom. The van der Waals surface area contributed by atoms with Crippen molar-refractivity contribution in [1.29, 1.82) is 0 Å². The molecule has 0 spiro atoms. The minimum absolute atomic E-state index is 0.234. The molecule has 7 nitrogen and oxygen atoms in total. The van der Waals surface area contributed by atoms with E-state index in [4.69, 9.17) is 9.72 Å². The van der Waals surface area contributed by atoms with Gasteiger partial charge in [-0.15, -0.1) is 11.3 Å². The van der Waals surface area contributed by atoms with Crippen LogP contribution in [0.2, 0.25) is 0 Å². The SMILES string of the molecule is Cc1[nH]ncc1-c1ccc2c(c1)OCCc1sc(-c3ncnn3C(C)C)nc1-2. The van der Waals surface area contributed by atoms with E-state index in [-0.39, 0.29) is 6.04 Å². The zero-order valence-electron chi connectivity index (χ0n) is 15.9. The summed E-state index contributed by atoms with van der Waals surface area (Å²) in [5.74, 6) is 1.68. The lowest BCUT2D eigenvalue weighted by Crippen LogP contribution is -2.04. The molecule has 0 saturated carbocycles. The van der Waals surface area contributed by atoms with Gasteiger partial charge in [-0.05, 0) is 38.5 Å². The van der Waals surface area contributed by atoms with Crippen LogP contribution in [0.1, 0.15) is 30.5 Å². The molecule has 0 bridgehead atoms. The van der Waals surface area contributed by atoms with Crippen LogP contribution in [-0.4, -0.2) is 36.6 Å². The first-order valence-corrected chi connectivity index (χ1v) is 10.1. The van der Waals surface area contributed by atoms with E-state index in [1.54, 1.807) is 17.7 Å². The first-order chi connectivity index (χ1) is 13.6. The van der Waals surface area contributed by atoms with Crippen molar-refractivity contribution in [2.24, 2.45) is 0 Å². The highest BCUT2D eigenvalue weighted by Gasteiger charge is 2.24. The molecule has 0 aliphatic carbocycles. The number of hydrogen-bond acceptors (Lipinski definition) is 6. The summed E-state index contributed by atoms with van der Waals surface area (Å²) >= 11 is 1.68. The molecule has 0 atom stereocenters. The molecule has 4 heterocycles. The van der Waals surface area contributed by atoms with Crippen molar-refractivity contribution < 1.29 is 4.74 Å². The van der Waals surface area contributed by atoms with Crippen molar-refractivity contribution in [2.45, 2.75) is 33.2 Å². The Morgan fingerprint density at radius 3 is 2.93 bits per heavy atom. The number of H-pyrrole nitrogens is 1. The Balaban J connectivity index is 1.61. The van der Waals surface area contributed by atoms with Gasteiger partial charge in [-0.2, -0.15) is 10.2 Å². The van der Waals surface area contributed by atoms with E-state index in [0.29, 0.717) is 6.61 Å². The fraction of sp³-hybridized carbons (Fsp3) is 0.300. The number of nitrogens with one attached hydrogen (secondary N) is 1. The maximum atomic E-state index is 6.06. The summed E-state index contributed by atoms with van der Waals surface area (Å²) in [6.07, 6.45) is 4.27. The second-order valence-electron chi connectivity index (χ2n) is 7.13. The number of ether oxygens (including phenoxy) is 1. The Kier molecular flexibility index (Phi) is 4.01. The maximum absolute atomic E-state index is 6.06. The Hall–Kier alpha value is -3.00. The summed E-state index contributed by atoms with van der Waals surface area (Å²) in [7, 11) is 0. The standard InChI is InChI=1S/C20H20N6OS/c1-11(2)26-19(21-10-23-26)20-24-18-14-5-4-13(15-9-22-25-12(15)3)8-16(14)27-7-6-17(18)28-20/h4-5,8-11H,6-7H2,1-3H3,(H,22,25). The topological polar surface area (TPSA) is 81.5 Å². The van der Waals surface area contributed by atoms with Gasteiger partial charge in [0, 0.05) is 34.2 Å². The summed E-state index contributed by atoms with van der Waals surface area (Å²) < 4.78 is 7.98. The van der Waals surface area contributed by atoms with Crippen molar-refractivity contribution in [3.63, 3.8) is 0 Å². The lowest BCUT2D eigenvalue weighted by Gasteiger charge is -2.10. The second-order valence-corrected chi connectivity index (χ2v) is 8.21. The van der Waals surface area contributed by atoms with Gasteiger partial charge < -0.3 is 4.74 Å². The van der Waals surface area contributed by atoms with Gasteiger partial charge in [0.25, 0.3) is 0 Å². The third-order valence-electron chi connectivity index (χ3n) is 4.92. The molecule has 1 N–H and O–H groups in total. The fourth-order valence-corrected chi connectivity index (χ4v) is 4.55. The van der Waals surface area contributed by atoms with Crippen LogP contribution in [0, 0.1) is 6.92 Å². The first kappa shape index (κ1) is 17.1. The van der Waals surface area contributed by atoms with Crippen LogP contribution in [0.3, 0.4) is 0 Å². The quantitative estimate of drug-likeness (QED) is 0.563. The van der Waals surface area contributed by atoms with E-state index in [1.165, 1.54) is 4.88 Å². The molecular weight excluding hydrogens is 372 g/mol. The molecule has 5 rings (SSSR count). The predicted molar refractivity (Wildman–Crippen MR) is 108 cm³/mol. The molecule has 1 aliphatic rings. The van der Waals surface area contributed by atoms with Crippen molar-refractivity contribution in [3.05, 3.63) is 41.3 Å². The van der Waals surface area contributed by atoms with Crippen LogP contribution in [-0.2, 0) is 6.42 Å². The summed E-state index contributed by atoms with van der Waals surface area (Å²) in [6.45, 7) is 6.84. The lowest BCUT2D eigenvalue weighted by atomic mass is 10.0. The highest BCUT2D eigenvalue weighted by molar-refractivity contribution is 7.15. The molecule has 4 aromatic rings. The van der Waals surface area contributed by atoms with Crippen molar-refractivity contribution in [2.75, 3.05) is 6.61 Å². The molecule has 142 valence electrons. The van der Waals surface area contributed by atoms with Crippen LogP contribution in [0.25, 0.3) is 33.2 Å². The molecule has 0 radical (unpaired) electrons. The monoisotopic (exact) mass is 392 g/mol. The minimum atomic E-state index is 0.234. The molecule has 0 amide bonds. The molecule has 0 saturated heterocycles. The normalized spacial score (nSPS) is 13.1. The molecule has 0 fully saturated rings. The molecule has 28 heavy (non-hydrogen) atoms. The molecular formula is C20H20N6OS. The molecule has 1 aromatic carbocycles. The van der Waals surface area contributed by atoms with E-state index >= 15 is 0 Å². The third kappa shape index (κ3) is 2.72. The third-order valence-corrected chi connectivity index (χ3v) is 6.03. The number of thiazole rings is 1. The van der Waals surface area contributed by atoms with Gasteiger partial charge in [0.15, 0.2) is 10.8 Å². The Labute approximate surface area is 166 Å². The number of hydrogen-bond donors (Lipinski definition) is 1. The number of benzene rings is 1. The van der Waals surface area contributed by atoms with Gasteiger partial charge in [-0.1, -0.05) is 6.07 Å². The van der Waals surface area contributed by atoms with Gasteiger partial charge >= 0.3 is 0 Å². The van der Waals surface area contributed by atoms with Gasteiger partial charge in [0.2, 0.25) is 0 Å². The zero-order valence-corrected chi connectivity index (χ0v) is 16.7. The van der Waals surface area contributed by atoms with Gasteiger partial charge in [-0.3, -0.25) is 5.10 Å². The van der Waals surface area contributed by atoms with Crippen LogP contribution in [0.15, 0.2) is 30.7 Å². The van der Waals surface area contributed by atoms with E-state index in [9.17, 15) is 0 Å². The predicted octanol–water partition coefficient (Wildman–Crippen LogP) is 4.28. The number of aromatic nitrogens is 6. The van der Waals surface area contributed by atoms with Crippen LogP contribution in [0.4, 0.5) is 0 Å². The molecule has 8 heteroatoms. The van der Waals surface area contributed by atoms with Gasteiger partial charge in [0.05, 0.1) is 18.5 Å². The minimum Gasteiger partial charge on any atom is -0.492 e. The number of nitrogens with zero attached hydrogens (tertiary/aromatic N) is 5. The smallest absolute Gasteiger partial charge is 0.187 e. The number of aromatic amines is 1. The maximum Gasteiger partial charge on any atom is 0.187 e. The first-order valence-electron chi connectivity index (χ1n) is 9.29. The summed E-state index contributed by atoms with van der Waals surface area (Å²) in [5, 5.41) is 12.4. The summed E-state index contributed by atoms with van der Waals surface area (Å²) in [5.41, 5.74) is 5.22. The van der Waals surface area contributed by atoms with Gasteiger partial charge in [0.1, 0.15) is 12.1 Å². The zero-order chi connectivity index (χ0) is 19.3. The van der Waals surface area contributed by atoms with Crippen molar-refractivity contribution in [1.82, 2.24) is 29.9 Å². The van der Waals surface area contributed by atoms with E-state index in [0.717, 1.165) is 51.1 Å². The highest BCUT2D eigenvalue weighted by Crippen LogP contribution is 2.41. The van der Waals surface area contributed by atoms with Crippen molar-refractivity contribution in [3.8, 4) is 39.0 Å². The Morgan fingerprint density at radius 1 is 1.25 bits per heavy atom. The van der Waals surface area contributed by atoms with E-state index in [2.05, 4.69) is 52.3 Å². The lowest BCUT2D eigenvalue weighted by molar-refractivity contribution is 0.327. The van der Waals surface area contributed by atoms with Crippen LogP contribution < -0.4 is 4.74 Å². The van der Waals surface area contributed by atoms with Crippen LogP contribution in [0.5, 0.6) is 5.75 Å². The average molecular weight is 392 g/mol. The molecule has 0 unspecified atom stereocenters. The van der Waals surface area contributed by atoms with Crippen molar-refractivity contribution >= 4 is 11.3 Å². The Bertz CT molecular complexity index is 1160. The molecule has 1 aliphatic heterocycles. The molecule has 3 aromatic heterocycles. The summed E-state index contributed by atoms with van der Waals surface area (Å²) in [4.78, 5) is 10.6. The second kappa shape index (κ2) is 6.56. The average Bonchev–Trinajstić information content (AvgIpc) is 3.39. The van der Waals surface area contributed by atoms with E-state index in [1.807, 2.05) is 17.8 Å². The summed E-state index contributed by atoms with van der Waals surface area (Å²) in [6, 6.07) is 6.51. The highest BCUT2D eigenvalue weighted by atomic mass is 32.1. The largest absolute Gasteiger partial charge is 0.492 e. The number of fused-ring (bicyclic) bond motifs is 3. The van der Waals surface area contributed by atoms with E-state index < -0.39 is 0 Å². The number of rotatable bonds is 3. The number of aryl methyl sites for hydroxylation is 1. The fourth-order valence-electron chi connectivity index (χ4n) is 3.51. The van der Waals surface area contributed by atoms with Gasteiger partial charge in [-0.25, -0.2) is 14.6 Å². The van der Waals surface area contributed by atoms with Crippen LogP contribution >= 0.6 is 11.3 Å².